The van der Waals surface area contributed by atoms with E-state index in [1.807, 2.05) is 19.9 Å². The van der Waals surface area contributed by atoms with Crippen LogP contribution in [0.25, 0.3) is 11.0 Å². The van der Waals surface area contributed by atoms with Gasteiger partial charge in [0, 0.05) is 44.2 Å². The van der Waals surface area contributed by atoms with E-state index in [9.17, 15) is 13.2 Å². The Morgan fingerprint density at radius 1 is 0.931 bits per heavy atom. The van der Waals surface area contributed by atoms with Gasteiger partial charge in [-0.2, -0.15) is 4.31 Å². The van der Waals surface area contributed by atoms with Crippen LogP contribution in [0.2, 0.25) is 0 Å². The molecule has 0 unspecified atom stereocenters. The molecule has 1 aliphatic heterocycles. The van der Waals surface area contributed by atoms with Crippen LogP contribution >= 0.6 is 0 Å². The first-order valence-electron chi connectivity index (χ1n) is 9.66. The third kappa shape index (κ3) is 3.99. The van der Waals surface area contributed by atoms with Gasteiger partial charge in [0.15, 0.2) is 0 Å². The van der Waals surface area contributed by atoms with E-state index in [1.165, 1.54) is 4.31 Å². The zero-order chi connectivity index (χ0) is 20.6. The minimum atomic E-state index is -3.47. The lowest BCUT2D eigenvalue weighted by atomic mass is 10.0. The summed E-state index contributed by atoms with van der Waals surface area (Å²) in [4.78, 5) is 14.5. The molecule has 0 radical (unpaired) electrons. The second-order valence-corrected chi connectivity index (χ2v) is 9.45. The molecule has 0 amide bonds. The molecule has 29 heavy (non-hydrogen) atoms. The average Bonchev–Trinajstić information content (AvgIpc) is 2.70. The Labute approximate surface area is 170 Å². The minimum Gasteiger partial charge on any atom is -0.423 e. The Kier molecular flexibility index (Phi) is 5.29. The first-order valence-corrected chi connectivity index (χ1v) is 11.1. The standard InChI is InChI=1S/C22H24N2O4S/c1-16-12-20-18(14-22(25)28-21(20)13-17(16)2)15-23-8-10-24(11-9-23)29(26,27)19-6-4-3-5-7-19/h3-7,12-14H,8-11,15H2,1-2H3. The third-order valence-electron chi connectivity index (χ3n) is 5.55. The smallest absolute Gasteiger partial charge is 0.336 e. The molecule has 1 fully saturated rings. The predicted molar refractivity (Wildman–Crippen MR) is 112 cm³/mol. The minimum absolute atomic E-state index is 0.325. The lowest BCUT2D eigenvalue weighted by Gasteiger charge is -2.34. The van der Waals surface area contributed by atoms with Gasteiger partial charge in [0.05, 0.1) is 4.90 Å². The van der Waals surface area contributed by atoms with E-state index in [0.29, 0.717) is 43.2 Å². The van der Waals surface area contributed by atoms with Gasteiger partial charge < -0.3 is 4.42 Å². The van der Waals surface area contributed by atoms with Crippen LogP contribution in [0.15, 0.2) is 62.6 Å². The highest BCUT2D eigenvalue weighted by molar-refractivity contribution is 7.89. The molecule has 6 nitrogen and oxygen atoms in total. The fraction of sp³-hybridized carbons (Fsp3) is 0.318. The van der Waals surface area contributed by atoms with Crippen molar-refractivity contribution in [1.82, 2.24) is 9.21 Å². The van der Waals surface area contributed by atoms with E-state index in [1.54, 1.807) is 36.4 Å². The van der Waals surface area contributed by atoms with Gasteiger partial charge in [0.1, 0.15) is 5.58 Å². The van der Waals surface area contributed by atoms with Gasteiger partial charge in [-0.05, 0) is 54.8 Å². The molecule has 152 valence electrons. The maximum absolute atomic E-state index is 12.8. The number of aryl methyl sites for hydroxylation is 2. The van der Waals surface area contributed by atoms with Crippen LogP contribution < -0.4 is 5.63 Å². The fourth-order valence-corrected chi connectivity index (χ4v) is 5.17. The van der Waals surface area contributed by atoms with Gasteiger partial charge in [-0.3, -0.25) is 4.90 Å². The van der Waals surface area contributed by atoms with Crippen molar-refractivity contribution in [3.8, 4) is 0 Å². The van der Waals surface area contributed by atoms with Gasteiger partial charge in [-0.1, -0.05) is 18.2 Å². The molecule has 0 saturated carbocycles. The van der Waals surface area contributed by atoms with E-state index in [-0.39, 0.29) is 5.63 Å². The van der Waals surface area contributed by atoms with Crippen molar-refractivity contribution in [2.45, 2.75) is 25.3 Å². The molecule has 2 aromatic carbocycles. The van der Waals surface area contributed by atoms with E-state index in [2.05, 4.69) is 11.0 Å². The number of hydrogen-bond acceptors (Lipinski definition) is 5. The largest absolute Gasteiger partial charge is 0.423 e. The number of benzene rings is 2. The maximum atomic E-state index is 12.8. The summed E-state index contributed by atoms with van der Waals surface area (Å²) in [5.74, 6) is 0. The molecule has 3 aromatic rings. The SMILES string of the molecule is Cc1cc2oc(=O)cc(CN3CCN(S(=O)(=O)c4ccccc4)CC3)c2cc1C. The third-order valence-corrected chi connectivity index (χ3v) is 7.46. The van der Waals surface area contributed by atoms with Gasteiger partial charge in [0.2, 0.25) is 10.0 Å². The van der Waals surface area contributed by atoms with Crippen molar-refractivity contribution in [1.29, 1.82) is 0 Å². The monoisotopic (exact) mass is 412 g/mol. The summed E-state index contributed by atoms with van der Waals surface area (Å²) in [5.41, 5.74) is 3.38. The maximum Gasteiger partial charge on any atom is 0.336 e. The molecule has 0 atom stereocenters. The van der Waals surface area contributed by atoms with Gasteiger partial charge in [0.25, 0.3) is 0 Å². The summed E-state index contributed by atoms with van der Waals surface area (Å²) in [7, 11) is -3.47. The van der Waals surface area contributed by atoms with Crippen molar-refractivity contribution in [3.05, 3.63) is 75.6 Å². The molecule has 0 N–H and O–H groups in total. The Hall–Kier alpha value is -2.48. The summed E-state index contributed by atoms with van der Waals surface area (Å²) in [5, 5.41) is 0.937. The van der Waals surface area contributed by atoms with E-state index in [4.69, 9.17) is 4.42 Å². The molecule has 1 aliphatic rings. The highest BCUT2D eigenvalue weighted by Gasteiger charge is 2.28. The zero-order valence-corrected chi connectivity index (χ0v) is 17.4. The van der Waals surface area contributed by atoms with Gasteiger partial charge >= 0.3 is 5.63 Å². The molecule has 4 rings (SSSR count). The van der Waals surface area contributed by atoms with Gasteiger partial charge in [-0.15, -0.1) is 0 Å². The summed E-state index contributed by atoms with van der Waals surface area (Å²) < 4.78 is 32.5. The van der Waals surface area contributed by atoms with Crippen LogP contribution in [0.1, 0.15) is 16.7 Å². The lowest BCUT2D eigenvalue weighted by molar-refractivity contribution is 0.182. The van der Waals surface area contributed by atoms with Crippen LogP contribution in [-0.4, -0.2) is 43.8 Å². The van der Waals surface area contributed by atoms with E-state index >= 15 is 0 Å². The van der Waals surface area contributed by atoms with Crippen molar-refractivity contribution in [2.75, 3.05) is 26.2 Å². The molecule has 1 saturated heterocycles. The summed E-state index contributed by atoms with van der Waals surface area (Å²) in [6, 6.07) is 14.0. The van der Waals surface area contributed by atoms with Crippen LogP contribution in [0.3, 0.4) is 0 Å². The molecule has 0 aliphatic carbocycles. The summed E-state index contributed by atoms with van der Waals surface area (Å²) >= 11 is 0. The molecule has 7 heteroatoms. The molecule has 1 aromatic heterocycles. The number of sulfonamides is 1. The quantitative estimate of drug-likeness (QED) is 0.616. The number of rotatable bonds is 4. The fourth-order valence-electron chi connectivity index (χ4n) is 3.72. The molecule has 0 spiro atoms. The molecule has 0 bridgehead atoms. The van der Waals surface area contributed by atoms with Crippen molar-refractivity contribution >= 4 is 21.0 Å². The van der Waals surface area contributed by atoms with E-state index < -0.39 is 10.0 Å². The second kappa shape index (κ2) is 7.74. The van der Waals surface area contributed by atoms with Crippen LogP contribution in [-0.2, 0) is 16.6 Å². The number of fused-ring (bicyclic) bond motifs is 1. The predicted octanol–water partition coefficient (Wildman–Crippen LogP) is 2.92. The first-order chi connectivity index (χ1) is 13.8. The molecular formula is C22H24N2O4S. The Morgan fingerprint density at radius 3 is 2.28 bits per heavy atom. The highest BCUT2D eigenvalue weighted by atomic mass is 32.2. The summed E-state index contributed by atoms with van der Waals surface area (Å²) in [6.45, 7) is 6.69. The Balaban J connectivity index is 1.52. The first kappa shape index (κ1) is 19.8. The van der Waals surface area contributed by atoms with Crippen LogP contribution in [0.5, 0.6) is 0 Å². The molecule has 2 heterocycles. The normalized spacial score (nSPS) is 16.3. The van der Waals surface area contributed by atoms with Crippen LogP contribution in [0, 0.1) is 13.8 Å². The number of nitrogens with zero attached hydrogens (tertiary/aromatic N) is 2. The highest BCUT2D eigenvalue weighted by Crippen LogP contribution is 2.24. The van der Waals surface area contributed by atoms with Crippen LogP contribution in [0.4, 0.5) is 0 Å². The number of piperazine rings is 1. The van der Waals surface area contributed by atoms with Crippen molar-refractivity contribution in [3.63, 3.8) is 0 Å². The Morgan fingerprint density at radius 2 is 1.59 bits per heavy atom. The van der Waals surface area contributed by atoms with Gasteiger partial charge in [-0.25, -0.2) is 13.2 Å². The molecular weight excluding hydrogens is 388 g/mol. The lowest BCUT2D eigenvalue weighted by Crippen LogP contribution is -2.48. The topological polar surface area (TPSA) is 70.8 Å². The Bertz CT molecular complexity index is 1190. The second-order valence-electron chi connectivity index (χ2n) is 7.52. The van der Waals surface area contributed by atoms with E-state index in [0.717, 1.165) is 22.1 Å². The summed E-state index contributed by atoms with van der Waals surface area (Å²) in [6.07, 6.45) is 0. The van der Waals surface area contributed by atoms with Crippen molar-refractivity contribution < 1.29 is 12.8 Å². The zero-order valence-electron chi connectivity index (χ0n) is 16.6. The number of hydrogen-bond donors (Lipinski definition) is 0. The average molecular weight is 413 g/mol. The van der Waals surface area contributed by atoms with Crippen molar-refractivity contribution in [2.24, 2.45) is 0 Å².